The minimum atomic E-state index is -0.137. The van der Waals surface area contributed by atoms with Crippen LogP contribution < -0.4 is 11.3 Å². The molecule has 1 amide bonds. The van der Waals surface area contributed by atoms with Crippen LogP contribution in [0.25, 0.3) is 0 Å². The Balaban J connectivity index is 1.85. The molecule has 2 rings (SSSR count). The molecule has 0 saturated heterocycles. The topological polar surface area (TPSA) is 89.1 Å². The number of aromatic nitrogens is 3. The monoisotopic (exact) mass is 210 g/mol. The van der Waals surface area contributed by atoms with Gasteiger partial charge in [0, 0.05) is 26.1 Å². The van der Waals surface area contributed by atoms with E-state index in [-0.39, 0.29) is 5.91 Å². The molecule has 1 aromatic rings. The van der Waals surface area contributed by atoms with Crippen molar-refractivity contribution in [1.82, 2.24) is 25.1 Å². The van der Waals surface area contributed by atoms with Crippen molar-refractivity contribution in [2.45, 2.75) is 19.5 Å². The van der Waals surface area contributed by atoms with E-state index in [9.17, 15) is 4.79 Å². The fourth-order valence-electron chi connectivity index (χ4n) is 1.64. The first-order valence-corrected chi connectivity index (χ1v) is 4.88. The van der Waals surface area contributed by atoms with E-state index in [4.69, 9.17) is 5.84 Å². The van der Waals surface area contributed by atoms with Gasteiger partial charge in [-0.3, -0.25) is 15.1 Å². The van der Waals surface area contributed by atoms with Crippen LogP contribution in [0.15, 0.2) is 6.33 Å². The van der Waals surface area contributed by atoms with Gasteiger partial charge in [0.05, 0.1) is 6.54 Å². The minimum absolute atomic E-state index is 0.137. The average Bonchev–Trinajstić information content (AvgIpc) is 2.72. The zero-order valence-electron chi connectivity index (χ0n) is 8.39. The van der Waals surface area contributed by atoms with E-state index in [1.807, 2.05) is 4.57 Å². The number of amides is 1. The number of nitrogens with zero attached hydrogens (tertiary/aromatic N) is 4. The lowest BCUT2D eigenvalue weighted by atomic mass is 10.3. The average molecular weight is 210 g/mol. The van der Waals surface area contributed by atoms with Gasteiger partial charge in [-0.2, -0.15) is 0 Å². The minimum Gasteiger partial charge on any atom is -0.315 e. The maximum absolute atomic E-state index is 11.0. The standard InChI is InChI=1S/C8H14N6O/c9-11-8(15)1-2-13-3-4-14-6-10-12-7(14)5-13/h6H,1-5,9H2,(H,11,15). The summed E-state index contributed by atoms with van der Waals surface area (Å²) in [7, 11) is 0. The number of hydrazine groups is 1. The molecule has 15 heavy (non-hydrogen) atoms. The lowest BCUT2D eigenvalue weighted by molar-refractivity contribution is -0.121. The summed E-state index contributed by atoms with van der Waals surface area (Å²) in [5.41, 5.74) is 2.12. The quantitative estimate of drug-likeness (QED) is 0.359. The van der Waals surface area contributed by atoms with Crippen LogP contribution in [-0.2, 0) is 17.9 Å². The fourth-order valence-corrected chi connectivity index (χ4v) is 1.64. The molecule has 82 valence electrons. The van der Waals surface area contributed by atoms with E-state index in [1.165, 1.54) is 0 Å². The molecule has 1 aromatic heterocycles. The molecule has 0 bridgehead atoms. The van der Waals surface area contributed by atoms with E-state index in [1.54, 1.807) is 6.33 Å². The van der Waals surface area contributed by atoms with E-state index >= 15 is 0 Å². The van der Waals surface area contributed by atoms with E-state index < -0.39 is 0 Å². The third-order valence-corrected chi connectivity index (χ3v) is 2.53. The second-order valence-corrected chi connectivity index (χ2v) is 3.53. The smallest absolute Gasteiger partial charge is 0.235 e. The summed E-state index contributed by atoms with van der Waals surface area (Å²) in [4.78, 5) is 13.1. The van der Waals surface area contributed by atoms with Gasteiger partial charge in [-0.25, -0.2) is 5.84 Å². The van der Waals surface area contributed by atoms with Crippen LogP contribution in [0.5, 0.6) is 0 Å². The van der Waals surface area contributed by atoms with Gasteiger partial charge in [-0.15, -0.1) is 10.2 Å². The van der Waals surface area contributed by atoms with Gasteiger partial charge in [0.2, 0.25) is 5.91 Å². The van der Waals surface area contributed by atoms with Gasteiger partial charge in [-0.05, 0) is 0 Å². The highest BCUT2D eigenvalue weighted by atomic mass is 16.2. The van der Waals surface area contributed by atoms with Crippen LogP contribution in [-0.4, -0.2) is 38.7 Å². The summed E-state index contributed by atoms with van der Waals surface area (Å²) in [6, 6.07) is 0. The Morgan fingerprint density at radius 2 is 2.47 bits per heavy atom. The highest BCUT2D eigenvalue weighted by Gasteiger charge is 2.17. The molecule has 1 aliphatic rings. The second kappa shape index (κ2) is 4.37. The SMILES string of the molecule is NNC(=O)CCN1CCn2cnnc2C1. The van der Waals surface area contributed by atoms with Crippen molar-refractivity contribution in [3.8, 4) is 0 Å². The molecular formula is C8H14N6O. The summed E-state index contributed by atoms with van der Waals surface area (Å²) in [5, 5.41) is 7.84. The Morgan fingerprint density at radius 1 is 1.60 bits per heavy atom. The lowest BCUT2D eigenvalue weighted by Crippen LogP contribution is -2.38. The molecule has 0 radical (unpaired) electrons. The summed E-state index contributed by atoms with van der Waals surface area (Å²) in [5.74, 6) is 5.82. The second-order valence-electron chi connectivity index (χ2n) is 3.53. The molecule has 7 heteroatoms. The number of nitrogens with two attached hydrogens (primary N) is 1. The zero-order chi connectivity index (χ0) is 10.7. The van der Waals surface area contributed by atoms with Crippen LogP contribution >= 0.6 is 0 Å². The van der Waals surface area contributed by atoms with E-state index in [0.29, 0.717) is 13.0 Å². The number of fused-ring (bicyclic) bond motifs is 1. The molecule has 0 atom stereocenters. The molecule has 2 heterocycles. The predicted octanol–water partition coefficient (Wildman–Crippen LogP) is -1.53. The van der Waals surface area contributed by atoms with Crippen LogP contribution in [0.1, 0.15) is 12.2 Å². The highest BCUT2D eigenvalue weighted by molar-refractivity contribution is 5.75. The largest absolute Gasteiger partial charge is 0.315 e. The normalized spacial score (nSPS) is 16.1. The van der Waals surface area contributed by atoms with Crippen molar-refractivity contribution in [2.24, 2.45) is 5.84 Å². The number of hydrogen-bond acceptors (Lipinski definition) is 5. The molecule has 0 fully saturated rings. The third kappa shape index (κ3) is 2.31. The van der Waals surface area contributed by atoms with Crippen molar-refractivity contribution in [2.75, 3.05) is 13.1 Å². The Bertz CT molecular complexity index is 349. The predicted molar refractivity (Wildman–Crippen MR) is 52.2 cm³/mol. The van der Waals surface area contributed by atoms with Gasteiger partial charge >= 0.3 is 0 Å². The molecule has 0 saturated carbocycles. The Kier molecular flexibility index (Phi) is 2.93. The molecule has 0 spiro atoms. The molecule has 0 aliphatic carbocycles. The molecule has 1 aliphatic heterocycles. The fraction of sp³-hybridized carbons (Fsp3) is 0.625. The number of nitrogens with one attached hydrogen (secondary N) is 1. The van der Waals surface area contributed by atoms with Crippen molar-refractivity contribution in [3.63, 3.8) is 0 Å². The van der Waals surface area contributed by atoms with Gasteiger partial charge in [0.25, 0.3) is 0 Å². The molecule has 0 aromatic carbocycles. The summed E-state index contributed by atoms with van der Waals surface area (Å²) in [6.45, 7) is 3.25. The Labute approximate surface area is 87.2 Å². The summed E-state index contributed by atoms with van der Waals surface area (Å²) < 4.78 is 2.03. The number of carbonyl (C=O) groups excluding carboxylic acids is 1. The van der Waals surface area contributed by atoms with E-state index in [0.717, 1.165) is 25.5 Å². The van der Waals surface area contributed by atoms with Crippen LogP contribution in [0.2, 0.25) is 0 Å². The van der Waals surface area contributed by atoms with E-state index in [2.05, 4.69) is 20.5 Å². The summed E-state index contributed by atoms with van der Waals surface area (Å²) >= 11 is 0. The highest BCUT2D eigenvalue weighted by Crippen LogP contribution is 2.08. The van der Waals surface area contributed by atoms with Gasteiger partial charge in [-0.1, -0.05) is 0 Å². The molecular weight excluding hydrogens is 196 g/mol. The molecule has 0 unspecified atom stereocenters. The Hall–Kier alpha value is -1.47. The van der Waals surface area contributed by atoms with Gasteiger partial charge in [0.1, 0.15) is 12.2 Å². The maximum Gasteiger partial charge on any atom is 0.235 e. The number of hydrogen-bond donors (Lipinski definition) is 2. The Morgan fingerprint density at radius 3 is 3.27 bits per heavy atom. The number of carbonyl (C=O) groups is 1. The van der Waals surface area contributed by atoms with Crippen LogP contribution in [0, 0.1) is 0 Å². The van der Waals surface area contributed by atoms with Gasteiger partial charge in [0.15, 0.2) is 0 Å². The van der Waals surface area contributed by atoms with Crippen LogP contribution in [0.4, 0.5) is 0 Å². The zero-order valence-corrected chi connectivity index (χ0v) is 8.39. The first-order chi connectivity index (χ1) is 7.29. The third-order valence-electron chi connectivity index (χ3n) is 2.53. The van der Waals surface area contributed by atoms with Crippen molar-refractivity contribution < 1.29 is 4.79 Å². The lowest BCUT2D eigenvalue weighted by Gasteiger charge is -2.26. The molecule has 7 nitrogen and oxygen atoms in total. The van der Waals surface area contributed by atoms with Crippen molar-refractivity contribution >= 4 is 5.91 Å². The first-order valence-electron chi connectivity index (χ1n) is 4.88. The van der Waals surface area contributed by atoms with Crippen LogP contribution in [0.3, 0.4) is 0 Å². The molecule has 3 N–H and O–H groups in total. The number of rotatable bonds is 3. The van der Waals surface area contributed by atoms with Crippen molar-refractivity contribution in [1.29, 1.82) is 0 Å². The van der Waals surface area contributed by atoms with Crippen molar-refractivity contribution in [3.05, 3.63) is 12.2 Å². The first kappa shape index (κ1) is 10.1. The summed E-state index contributed by atoms with van der Waals surface area (Å²) in [6.07, 6.45) is 2.16. The maximum atomic E-state index is 11.0. The van der Waals surface area contributed by atoms with Gasteiger partial charge < -0.3 is 4.57 Å².